The van der Waals surface area contributed by atoms with E-state index in [2.05, 4.69) is 37.7 Å². The quantitative estimate of drug-likeness (QED) is 0.0871. The standard InChI is InChI=1S/C42H56F4N6O4/c1-6-26(3)36(28(5)47-18-11-19-52-20-22-56-23-21-52)50-40(55)41(17-16-34-31(25-41)30-13-10-14-32(38(30)48-34)42(44,45)46)51-39(54)37(27(4)7-2)49-35(53)24-29-12-8-9-15-33(29)43/h8-10,12-15,26-27,36-37,47-48H,5-7,11,16-25H2,1-4H3,(H,49,53)(H,50,55)(H,51,54)/t26?,27?,36-,37-,41+/m0/s1. The molecule has 14 heteroatoms. The summed E-state index contributed by atoms with van der Waals surface area (Å²) < 4.78 is 62.2. The van der Waals surface area contributed by atoms with Crippen LogP contribution in [0.4, 0.5) is 17.6 Å². The second-order valence-electron chi connectivity index (χ2n) is 15.4. The number of fused-ring (bicyclic) bond motifs is 3. The minimum Gasteiger partial charge on any atom is -0.387 e. The number of alkyl halides is 3. The second-order valence-corrected chi connectivity index (χ2v) is 15.4. The average molecular weight is 785 g/mol. The molecule has 2 heterocycles. The molecule has 5 N–H and O–H groups in total. The van der Waals surface area contributed by atoms with Crippen molar-refractivity contribution in [2.24, 2.45) is 11.8 Å². The zero-order chi connectivity index (χ0) is 40.6. The maximum Gasteiger partial charge on any atom is 0.418 e. The predicted octanol–water partition coefficient (Wildman–Crippen LogP) is 5.80. The van der Waals surface area contributed by atoms with Gasteiger partial charge in [-0.05, 0) is 60.9 Å². The molecule has 0 radical (unpaired) electrons. The maximum atomic E-state index is 14.9. The second kappa shape index (κ2) is 18.7. The van der Waals surface area contributed by atoms with Gasteiger partial charge >= 0.3 is 6.18 Å². The topological polar surface area (TPSA) is 128 Å². The molecule has 1 aliphatic heterocycles. The van der Waals surface area contributed by atoms with Gasteiger partial charge in [-0.1, -0.05) is 77.4 Å². The van der Waals surface area contributed by atoms with E-state index in [-0.39, 0.29) is 48.6 Å². The number of aryl methyl sites for hydroxylation is 1. The van der Waals surface area contributed by atoms with Gasteiger partial charge in [-0.2, -0.15) is 13.2 Å². The van der Waals surface area contributed by atoms with Crippen molar-refractivity contribution in [2.75, 3.05) is 39.4 Å². The molecule has 2 unspecified atom stereocenters. The summed E-state index contributed by atoms with van der Waals surface area (Å²) in [6, 6.07) is 8.22. The van der Waals surface area contributed by atoms with Gasteiger partial charge in [0.1, 0.15) is 17.4 Å². The minimum absolute atomic E-state index is 0.0574. The van der Waals surface area contributed by atoms with Crippen LogP contribution in [0.25, 0.3) is 10.9 Å². The zero-order valence-electron chi connectivity index (χ0n) is 32.8. The third-order valence-electron chi connectivity index (χ3n) is 11.5. The van der Waals surface area contributed by atoms with E-state index in [1.807, 2.05) is 20.8 Å². The number of halogens is 4. The lowest BCUT2D eigenvalue weighted by Gasteiger charge is -2.40. The van der Waals surface area contributed by atoms with Crippen LogP contribution in [-0.4, -0.2) is 84.6 Å². The summed E-state index contributed by atoms with van der Waals surface area (Å²) in [5.41, 5.74) is -0.617. The average Bonchev–Trinajstić information content (AvgIpc) is 3.55. The number of nitrogens with one attached hydrogen (secondary N) is 5. The number of hydrogen-bond acceptors (Lipinski definition) is 6. The van der Waals surface area contributed by atoms with Crippen LogP contribution in [0.1, 0.15) is 75.8 Å². The Morgan fingerprint density at radius 2 is 1.68 bits per heavy atom. The predicted molar refractivity (Wildman–Crippen MR) is 208 cm³/mol. The number of amides is 3. The highest BCUT2D eigenvalue weighted by atomic mass is 19.4. The van der Waals surface area contributed by atoms with Gasteiger partial charge < -0.3 is 31.0 Å². The van der Waals surface area contributed by atoms with Gasteiger partial charge in [-0.25, -0.2) is 4.39 Å². The van der Waals surface area contributed by atoms with Crippen LogP contribution >= 0.6 is 0 Å². The molecule has 3 amide bonds. The summed E-state index contributed by atoms with van der Waals surface area (Å²) in [6.45, 7) is 16.7. The summed E-state index contributed by atoms with van der Waals surface area (Å²) >= 11 is 0. The fourth-order valence-electron chi connectivity index (χ4n) is 7.69. The van der Waals surface area contributed by atoms with E-state index in [0.29, 0.717) is 54.9 Å². The first-order valence-electron chi connectivity index (χ1n) is 19.8. The first-order chi connectivity index (χ1) is 26.7. The zero-order valence-corrected chi connectivity index (χ0v) is 32.8. The third-order valence-corrected chi connectivity index (χ3v) is 11.5. The Bertz CT molecular complexity index is 1860. The van der Waals surface area contributed by atoms with E-state index in [9.17, 15) is 31.9 Å². The number of para-hydroxylation sites is 1. The van der Waals surface area contributed by atoms with Gasteiger partial charge in [0, 0.05) is 42.8 Å². The lowest BCUT2D eigenvalue weighted by Crippen LogP contribution is -2.66. The van der Waals surface area contributed by atoms with Crippen LogP contribution in [-0.2, 0) is 44.6 Å². The number of benzene rings is 2. The molecule has 2 aliphatic rings. The summed E-state index contributed by atoms with van der Waals surface area (Å²) in [7, 11) is 0. The highest BCUT2D eigenvalue weighted by Gasteiger charge is 2.47. The van der Waals surface area contributed by atoms with Crippen molar-refractivity contribution >= 4 is 28.6 Å². The Hall–Kier alpha value is -4.43. The summed E-state index contributed by atoms with van der Waals surface area (Å²) in [4.78, 5) is 47.8. The lowest BCUT2D eigenvalue weighted by molar-refractivity contribution is -0.137. The van der Waals surface area contributed by atoms with Gasteiger partial charge in [0.05, 0.1) is 36.8 Å². The summed E-state index contributed by atoms with van der Waals surface area (Å²) in [6.07, 6.45) is -2.69. The molecule has 1 fully saturated rings. The molecule has 2 aromatic carbocycles. The van der Waals surface area contributed by atoms with Gasteiger partial charge in [0.15, 0.2) is 0 Å². The van der Waals surface area contributed by atoms with E-state index in [4.69, 9.17) is 4.74 Å². The van der Waals surface area contributed by atoms with Gasteiger partial charge in [0.2, 0.25) is 17.7 Å². The number of aromatic nitrogens is 1. The Morgan fingerprint density at radius 3 is 2.36 bits per heavy atom. The molecule has 56 heavy (non-hydrogen) atoms. The number of rotatable bonds is 17. The maximum absolute atomic E-state index is 14.9. The number of morpholine rings is 1. The van der Waals surface area contributed by atoms with Crippen molar-refractivity contribution in [1.29, 1.82) is 0 Å². The van der Waals surface area contributed by atoms with Crippen molar-refractivity contribution < 1.29 is 36.7 Å². The number of aromatic amines is 1. The smallest absolute Gasteiger partial charge is 0.387 e. The largest absolute Gasteiger partial charge is 0.418 e. The number of hydrogen-bond donors (Lipinski definition) is 5. The minimum atomic E-state index is -4.61. The molecule has 0 saturated carbocycles. The van der Waals surface area contributed by atoms with E-state index >= 15 is 0 Å². The van der Waals surface area contributed by atoms with Crippen LogP contribution in [0.2, 0.25) is 0 Å². The van der Waals surface area contributed by atoms with Gasteiger partial charge in [0.25, 0.3) is 0 Å². The number of H-pyrrole nitrogens is 1. The molecule has 1 saturated heterocycles. The lowest BCUT2D eigenvalue weighted by atomic mass is 9.77. The SMILES string of the molecule is C=C(NCCCN1CCOCC1)[C@@H](NC(=O)[C@@]1(NC(=O)[C@@H](NC(=O)Cc2ccccc2F)C(C)CC)CCc2[nH]c3c(C(F)(F)F)cccc3c2C1)C(C)CC. The Morgan fingerprint density at radius 1 is 0.982 bits per heavy atom. The number of carbonyl (C=O) groups is 3. The fourth-order valence-corrected chi connectivity index (χ4v) is 7.69. The van der Waals surface area contributed by atoms with Crippen LogP contribution in [0.5, 0.6) is 0 Å². The fraction of sp³-hybridized carbons (Fsp3) is 0.548. The molecule has 5 rings (SSSR count). The van der Waals surface area contributed by atoms with Crippen LogP contribution in [0, 0.1) is 17.7 Å². The highest BCUT2D eigenvalue weighted by molar-refractivity contribution is 5.97. The van der Waals surface area contributed by atoms with Crippen molar-refractivity contribution in [3.63, 3.8) is 0 Å². The van der Waals surface area contributed by atoms with Crippen molar-refractivity contribution in [1.82, 2.24) is 31.2 Å². The number of nitrogens with zero attached hydrogens (tertiary/aromatic N) is 1. The van der Waals surface area contributed by atoms with Crippen LogP contribution in [0.3, 0.4) is 0 Å². The van der Waals surface area contributed by atoms with Crippen molar-refractivity contribution in [3.05, 3.63) is 82.9 Å². The third kappa shape index (κ3) is 10.1. The highest BCUT2D eigenvalue weighted by Crippen LogP contribution is 2.40. The molecule has 5 atom stereocenters. The van der Waals surface area contributed by atoms with Crippen molar-refractivity contribution in [2.45, 2.75) is 96.4 Å². The molecule has 0 spiro atoms. The molecule has 3 aromatic rings. The van der Waals surface area contributed by atoms with E-state index < -0.39 is 52.9 Å². The Labute approximate surface area is 326 Å². The first kappa shape index (κ1) is 42.7. The Kier molecular flexibility index (Phi) is 14.2. The molecular formula is C42H56F4N6O4. The van der Waals surface area contributed by atoms with Crippen molar-refractivity contribution in [3.8, 4) is 0 Å². The van der Waals surface area contributed by atoms with E-state index in [1.165, 1.54) is 24.3 Å². The van der Waals surface area contributed by atoms with Gasteiger partial charge in [-0.15, -0.1) is 0 Å². The Balaban J connectivity index is 1.43. The van der Waals surface area contributed by atoms with Crippen LogP contribution < -0.4 is 21.3 Å². The summed E-state index contributed by atoms with van der Waals surface area (Å²) in [5.74, 6) is -2.66. The molecule has 1 aromatic heterocycles. The first-order valence-corrected chi connectivity index (χ1v) is 19.8. The summed E-state index contributed by atoms with van der Waals surface area (Å²) in [5, 5.41) is 12.7. The monoisotopic (exact) mass is 784 g/mol. The molecule has 10 nitrogen and oxygen atoms in total. The molecule has 306 valence electrons. The number of carbonyl (C=O) groups excluding carboxylic acids is 3. The van der Waals surface area contributed by atoms with Crippen LogP contribution in [0.15, 0.2) is 54.7 Å². The molecule has 1 aliphatic carbocycles. The normalized spacial score (nSPS) is 19.6. The molecular weight excluding hydrogens is 728 g/mol. The van der Waals surface area contributed by atoms with E-state index in [1.54, 1.807) is 19.1 Å². The number of ether oxygens (including phenoxy) is 1. The van der Waals surface area contributed by atoms with E-state index in [0.717, 1.165) is 32.1 Å². The molecule has 0 bridgehead atoms. The van der Waals surface area contributed by atoms with Gasteiger partial charge in [-0.3, -0.25) is 19.3 Å².